The van der Waals surface area contributed by atoms with Gasteiger partial charge in [0.1, 0.15) is 5.84 Å². The van der Waals surface area contributed by atoms with Gasteiger partial charge in [0.25, 0.3) is 0 Å². The molecule has 1 rings (SSSR count). The van der Waals surface area contributed by atoms with Crippen molar-refractivity contribution in [2.45, 2.75) is 13.8 Å². The highest BCUT2D eigenvalue weighted by atomic mass is 14.9. The minimum absolute atomic E-state index is 0.109. The van der Waals surface area contributed by atoms with Crippen molar-refractivity contribution >= 4 is 11.5 Å². The summed E-state index contributed by atoms with van der Waals surface area (Å²) < 4.78 is 0. The Bertz CT molecular complexity index is 318. The van der Waals surface area contributed by atoms with Crippen LogP contribution in [0.15, 0.2) is 24.3 Å². The predicted molar refractivity (Wildman–Crippen MR) is 60.8 cm³/mol. The fourth-order valence-electron chi connectivity index (χ4n) is 1.12. The average Bonchev–Trinajstić information content (AvgIpc) is 2.15. The molecule has 1 aromatic rings. The Kier molecular flexibility index (Phi) is 3.51. The van der Waals surface area contributed by atoms with Crippen LogP contribution >= 0.6 is 0 Å². The van der Waals surface area contributed by atoms with Crippen LogP contribution in [0.1, 0.15) is 19.4 Å². The van der Waals surface area contributed by atoms with Crippen LogP contribution in [0.5, 0.6) is 0 Å². The molecule has 76 valence electrons. The van der Waals surface area contributed by atoms with Crippen LogP contribution in [0.2, 0.25) is 0 Å². The number of amidine groups is 1. The third-order valence-electron chi connectivity index (χ3n) is 1.89. The number of nitrogens with two attached hydrogens (primary N) is 1. The van der Waals surface area contributed by atoms with Gasteiger partial charge in [0.2, 0.25) is 0 Å². The van der Waals surface area contributed by atoms with Crippen LogP contribution in [0.4, 0.5) is 5.69 Å². The van der Waals surface area contributed by atoms with E-state index in [0.717, 1.165) is 17.8 Å². The lowest BCUT2D eigenvalue weighted by molar-refractivity contribution is 0.689. The largest absolute Gasteiger partial charge is 0.385 e. The molecule has 0 saturated heterocycles. The summed E-state index contributed by atoms with van der Waals surface area (Å²) in [5.74, 6) is 0.717. The molecular weight excluding hydrogens is 174 g/mol. The first-order valence-corrected chi connectivity index (χ1v) is 4.78. The lowest BCUT2D eigenvalue weighted by atomic mass is 10.1. The molecule has 4 N–H and O–H groups in total. The van der Waals surface area contributed by atoms with Gasteiger partial charge in [-0.15, -0.1) is 0 Å². The van der Waals surface area contributed by atoms with Crippen LogP contribution in [0.3, 0.4) is 0 Å². The standard InChI is InChI=1S/C11H17N3/c1-8(2)7-14-10-5-3-4-9(6-10)11(12)13/h3-6,8,14H,7H2,1-2H3,(H3,12,13). The number of rotatable bonds is 4. The molecule has 0 unspecified atom stereocenters. The van der Waals surface area contributed by atoms with Gasteiger partial charge in [-0.2, -0.15) is 0 Å². The van der Waals surface area contributed by atoms with Gasteiger partial charge in [-0.05, 0) is 18.1 Å². The smallest absolute Gasteiger partial charge is 0.122 e. The molecule has 0 radical (unpaired) electrons. The fraction of sp³-hybridized carbons (Fsp3) is 0.364. The Balaban J connectivity index is 2.69. The maximum Gasteiger partial charge on any atom is 0.122 e. The molecule has 0 atom stereocenters. The van der Waals surface area contributed by atoms with Gasteiger partial charge in [-0.1, -0.05) is 26.0 Å². The number of anilines is 1. The molecule has 0 saturated carbocycles. The molecule has 14 heavy (non-hydrogen) atoms. The first-order chi connectivity index (χ1) is 6.59. The summed E-state index contributed by atoms with van der Waals surface area (Å²) in [7, 11) is 0. The van der Waals surface area contributed by atoms with Crippen LogP contribution in [0.25, 0.3) is 0 Å². The topological polar surface area (TPSA) is 61.9 Å². The average molecular weight is 191 g/mol. The summed E-state index contributed by atoms with van der Waals surface area (Å²) in [5.41, 5.74) is 7.18. The second-order valence-electron chi connectivity index (χ2n) is 3.77. The molecule has 0 aliphatic rings. The minimum atomic E-state index is 0.109. The first kappa shape index (κ1) is 10.6. The van der Waals surface area contributed by atoms with E-state index in [1.807, 2.05) is 24.3 Å². The summed E-state index contributed by atoms with van der Waals surface area (Å²) in [6.07, 6.45) is 0. The third kappa shape index (κ3) is 3.09. The lowest BCUT2D eigenvalue weighted by Crippen LogP contribution is -2.12. The van der Waals surface area contributed by atoms with Crippen molar-refractivity contribution in [1.29, 1.82) is 5.41 Å². The Morgan fingerprint density at radius 2 is 2.21 bits per heavy atom. The molecule has 0 aliphatic heterocycles. The Hall–Kier alpha value is -1.51. The zero-order valence-corrected chi connectivity index (χ0v) is 8.67. The van der Waals surface area contributed by atoms with E-state index in [1.165, 1.54) is 0 Å². The van der Waals surface area contributed by atoms with Gasteiger partial charge in [0, 0.05) is 17.8 Å². The van der Waals surface area contributed by atoms with Crippen LogP contribution < -0.4 is 11.1 Å². The molecule has 3 heteroatoms. The molecule has 0 aliphatic carbocycles. The van der Waals surface area contributed by atoms with E-state index in [0.29, 0.717) is 5.92 Å². The van der Waals surface area contributed by atoms with E-state index in [4.69, 9.17) is 11.1 Å². The van der Waals surface area contributed by atoms with Gasteiger partial charge in [-0.3, -0.25) is 5.41 Å². The highest BCUT2D eigenvalue weighted by molar-refractivity contribution is 5.95. The number of hydrogen-bond acceptors (Lipinski definition) is 2. The van der Waals surface area contributed by atoms with Crippen LogP contribution in [-0.2, 0) is 0 Å². The van der Waals surface area contributed by atoms with Gasteiger partial charge >= 0.3 is 0 Å². The number of hydrogen-bond donors (Lipinski definition) is 3. The molecule has 0 spiro atoms. The van der Waals surface area contributed by atoms with E-state index < -0.39 is 0 Å². The zero-order valence-electron chi connectivity index (χ0n) is 8.67. The van der Waals surface area contributed by atoms with Crippen molar-refractivity contribution in [3.8, 4) is 0 Å². The minimum Gasteiger partial charge on any atom is -0.385 e. The van der Waals surface area contributed by atoms with E-state index >= 15 is 0 Å². The van der Waals surface area contributed by atoms with E-state index in [-0.39, 0.29) is 5.84 Å². The molecule has 3 nitrogen and oxygen atoms in total. The van der Waals surface area contributed by atoms with Crippen molar-refractivity contribution in [2.75, 3.05) is 11.9 Å². The second-order valence-corrected chi connectivity index (χ2v) is 3.77. The Morgan fingerprint density at radius 1 is 1.50 bits per heavy atom. The van der Waals surface area contributed by atoms with Crippen molar-refractivity contribution in [1.82, 2.24) is 0 Å². The highest BCUT2D eigenvalue weighted by Gasteiger charge is 1.98. The summed E-state index contributed by atoms with van der Waals surface area (Å²) >= 11 is 0. The highest BCUT2D eigenvalue weighted by Crippen LogP contribution is 2.10. The monoisotopic (exact) mass is 191 g/mol. The number of benzene rings is 1. The summed E-state index contributed by atoms with van der Waals surface area (Å²) in [6, 6.07) is 7.61. The van der Waals surface area contributed by atoms with Gasteiger partial charge in [-0.25, -0.2) is 0 Å². The summed E-state index contributed by atoms with van der Waals surface area (Å²) in [6.45, 7) is 5.24. The molecule has 0 amide bonds. The van der Waals surface area contributed by atoms with Gasteiger partial charge in [0.15, 0.2) is 0 Å². The molecule has 0 heterocycles. The fourth-order valence-corrected chi connectivity index (χ4v) is 1.12. The van der Waals surface area contributed by atoms with E-state index in [9.17, 15) is 0 Å². The molecule has 0 aromatic heterocycles. The molecule has 0 bridgehead atoms. The van der Waals surface area contributed by atoms with E-state index in [2.05, 4.69) is 19.2 Å². The van der Waals surface area contributed by atoms with Crippen LogP contribution in [0, 0.1) is 11.3 Å². The first-order valence-electron chi connectivity index (χ1n) is 4.78. The Labute approximate surface area is 84.8 Å². The SMILES string of the molecule is CC(C)CNc1cccc(C(=N)N)c1. The maximum absolute atomic E-state index is 7.30. The van der Waals surface area contributed by atoms with Crippen molar-refractivity contribution < 1.29 is 0 Å². The van der Waals surface area contributed by atoms with Gasteiger partial charge < -0.3 is 11.1 Å². The molecule has 1 aromatic carbocycles. The van der Waals surface area contributed by atoms with Crippen molar-refractivity contribution in [3.05, 3.63) is 29.8 Å². The predicted octanol–water partition coefficient (Wildman–Crippen LogP) is 2.04. The molecule has 0 fully saturated rings. The normalized spacial score (nSPS) is 10.2. The number of nitrogens with one attached hydrogen (secondary N) is 2. The van der Waals surface area contributed by atoms with Gasteiger partial charge in [0.05, 0.1) is 0 Å². The zero-order chi connectivity index (χ0) is 10.6. The third-order valence-corrected chi connectivity index (χ3v) is 1.89. The molecular formula is C11H17N3. The number of nitrogen functional groups attached to an aromatic ring is 1. The Morgan fingerprint density at radius 3 is 2.79 bits per heavy atom. The maximum atomic E-state index is 7.30. The summed E-state index contributed by atoms with van der Waals surface area (Å²) in [4.78, 5) is 0. The van der Waals surface area contributed by atoms with Crippen molar-refractivity contribution in [3.63, 3.8) is 0 Å². The van der Waals surface area contributed by atoms with Crippen molar-refractivity contribution in [2.24, 2.45) is 11.7 Å². The lowest BCUT2D eigenvalue weighted by Gasteiger charge is -2.09. The van der Waals surface area contributed by atoms with E-state index in [1.54, 1.807) is 0 Å². The summed E-state index contributed by atoms with van der Waals surface area (Å²) in [5, 5.41) is 10.6. The second kappa shape index (κ2) is 4.65. The van der Waals surface area contributed by atoms with Crippen LogP contribution in [-0.4, -0.2) is 12.4 Å². The quantitative estimate of drug-likeness (QED) is 0.503.